The number of aromatic amines is 1. The minimum absolute atomic E-state index is 0.132. The van der Waals surface area contributed by atoms with E-state index in [0.717, 1.165) is 57.3 Å². The van der Waals surface area contributed by atoms with Crippen molar-refractivity contribution in [1.82, 2.24) is 14.9 Å². The third-order valence-electron chi connectivity index (χ3n) is 5.91. The Balaban J connectivity index is 1.44. The van der Waals surface area contributed by atoms with Gasteiger partial charge in [-0.3, -0.25) is 20.1 Å². The normalized spacial score (nSPS) is 14.6. The van der Waals surface area contributed by atoms with Crippen molar-refractivity contribution in [3.63, 3.8) is 0 Å². The number of aryl methyl sites for hydroxylation is 1. The molecule has 33 heavy (non-hydrogen) atoms. The molecule has 2 aromatic rings. The minimum Gasteiger partial charge on any atom is -0.370 e. The molecule has 10 heteroatoms. The van der Waals surface area contributed by atoms with E-state index < -0.39 is 6.03 Å². The zero-order chi connectivity index (χ0) is 23.6. The van der Waals surface area contributed by atoms with Crippen LogP contribution in [0.25, 0.3) is 0 Å². The highest BCUT2D eigenvalue weighted by Crippen LogP contribution is 2.25. The summed E-state index contributed by atoms with van der Waals surface area (Å²) in [6.07, 6.45) is 6.60. The number of para-hydroxylation sites is 1. The van der Waals surface area contributed by atoms with E-state index in [4.69, 9.17) is 11.5 Å². The van der Waals surface area contributed by atoms with Crippen LogP contribution >= 0.6 is 0 Å². The van der Waals surface area contributed by atoms with E-state index >= 15 is 0 Å². The fourth-order valence-corrected chi connectivity index (χ4v) is 4.03. The molecular weight excluding hydrogens is 420 g/mol. The van der Waals surface area contributed by atoms with Crippen molar-refractivity contribution in [2.24, 2.45) is 16.5 Å². The van der Waals surface area contributed by atoms with Crippen LogP contribution in [0.1, 0.15) is 49.1 Å². The summed E-state index contributed by atoms with van der Waals surface area (Å²) in [5.74, 6) is 0.457. The summed E-state index contributed by atoms with van der Waals surface area (Å²) in [4.78, 5) is 38.2. The number of aliphatic imine (C=N–C) groups is 1. The number of benzene rings is 1. The molecule has 10 nitrogen and oxygen atoms in total. The highest BCUT2D eigenvalue weighted by molar-refractivity contribution is 5.99. The van der Waals surface area contributed by atoms with Crippen LogP contribution in [0.3, 0.4) is 0 Å². The van der Waals surface area contributed by atoms with Gasteiger partial charge in [0, 0.05) is 24.0 Å². The molecule has 1 aromatic carbocycles. The van der Waals surface area contributed by atoms with Gasteiger partial charge in [-0.05, 0) is 69.8 Å². The fourth-order valence-electron chi connectivity index (χ4n) is 4.03. The van der Waals surface area contributed by atoms with Crippen LogP contribution in [0, 0.1) is 6.92 Å². The highest BCUT2D eigenvalue weighted by atomic mass is 16.2. The van der Waals surface area contributed by atoms with Crippen molar-refractivity contribution < 1.29 is 4.79 Å². The first kappa shape index (κ1) is 24.2. The standard InChI is InChI=1S/C23H34N8O2/c1-16-7-3-4-8-19(16)28-23(33)30-22-27-15-18(20(32)29-22)17-9-13-31(14-10-17)12-6-2-5-11-26-21(24)25/h3-4,7-8,15,17H,2,5-6,9-14H2,1H3,(H4,24,25,26)(H3,27,28,29,30,32,33). The van der Waals surface area contributed by atoms with E-state index in [1.165, 1.54) is 0 Å². The molecule has 3 rings (SSSR count). The Morgan fingerprint density at radius 2 is 1.94 bits per heavy atom. The zero-order valence-corrected chi connectivity index (χ0v) is 19.1. The quantitative estimate of drug-likeness (QED) is 0.223. The van der Waals surface area contributed by atoms with E-state index in [-0.39, 0.29) is 23.4 Å². The number of urea groups is 1. The van der Waals surface area contributed by atoms with Crippen molar-refractivity contribution >= 4 is 23.6 Å². The van der Waals surface area contributed by atoms with Crippen molar-refractivity contribution in [1.29, 1.82) is 0 Å². The molecule has 0 spiro atoms. The van der Waals surface area contributed by atoms with Crippen LogP contribution in [0.4, 0.5) is 16.4 Å². The lowest BCUT2D eigenvalue weighted by Crippen LogP contribution is -2.35. The molecule has 1 fully saturated rings. The number of hydrogen-bond donors (Lipinski definition) is 5. The largest absolute Gasteiger partial charge is 0.370 e. The van der Waals surface area contributed by atoms with E-state index in [2.05, 4.69) is 30.5 Å². The van der Waals surface area contributed by atoms with Gasteiger partial charge in [-0.15, -0.1) is 0 Å². The van der Waals surface area contributed by atoms with E-state index in [0.29, 0.717) is 17.8 Å². The molecular formula is C23H34N8O2. The number of carbonyl (C=O) groups is 1. The molecule has 2 heterocycles. The summed E-state index contributed by atoms with van der Waals surface area (Å²) in [6, 6.07) is 7.01. The first-order chi connectivity index (χ1) is 15.9. The fraction of sp³-hybridized carbons (Fsp3) is 0.478. The lowest BCUT2D eigenvalue weighted by atomic mass is 9.91. The van der Waals surface area contributed by atoms with Gasteiger partial charge in [0.2, 0.25) is 5.95 Å². The second kappa shape index (κ2) is 12.0. The number of unbranched alkanes of at least 4 members (excludes halogenated alkanes) is 2. The Morgan fingerprint density at radius 3 is 2.64 bits per heavy atom. The minimum atomic E-state index is -0.452. The Labute approximate surface area is 193 Å². The first-order valence-corrected chi connectivity index (χ1v) is 11.4. The Bertz CT molecular complexity index is 1010. The molecule has 178 valence electrons. The number of piperidine rings is 1. The van der Waals surface area contributed by atoms with Crippen molar-refractivity contribution in [2.75, 3.05) is 36.8 Å². The summed E-state index contributed by atoms with van der Waals surface area (Å²) >= 11 is 0. The van der Waals surface area contributed by atoms with Crippen molar-refractivity contribution in [2.45, 2.75) is 44.9 Å². The zero-order valence-electron chi connectivity index (χ0n) is 19.1. The number of likely N-dealkylation sites (tertiary alicyclic amines) is 1. The lowest BCUT2D eigenvalue weighted by Gasteiger charge is -2.31. The second-order valence-corrected chi connectivity index (χ2v) is 8.39. The molecule has 1 aliphatic heterocycles. The van der Waals surface area contributed by atoms with Gasteiger partial charge in [-0.2, -0.15) is 0 Å². The Hall–Kier alpha value is -3.40. The van der Waals surface area contributed by atoms with Crippen molar-refractivity contribution in [3.8, 4) is 0 Å². The third kappa shape index (κ3) is 7.60. The summed E-state index contributed by atoms with van der Waals surface area (Å²) < 4.78 is 0. The Morgan fingerprint density at radius 1 is 1.18 bits per heavy atom. The molecule has 0 aliphatic carbocycles. The van der Waals surface area contributed by atoms with E-state index in [1.54, 1.807) is 6.20 Å². The van der Waals surface area contributed by atoms with Crippen LogP contribution in [0.2, 0.25) is 0 Å². The summed E-state index contributed by atoms with van der Waals surface area (Å²) in [5, 5.41) is 5.35. The van der Waals surface area contributed by atoms with E-state index in [9.17, 15) is 9.59 Å². The molecule has 0 bridgehead atoms. The van der Waals surface area contributed by atoms with Gasteiger partial charge in [0.1, 0.15) is 0 Å². The van der Waals surface area contributed by atoms with Gasteiger partial charge in [0.05, 0.1) is 0 Å². The smallest absolute Gasteiger partial charge is 0.326 e. The number of nitrogens with one attached hydrogen (secondary N) is 3. The monoisotopic (exact) mass is 454 g/mol. The predicted octanol–water partition coefficient (Wildman–Crippen LogP) is 2.35. The van der Waals surface area contributed by atoms with Gasteiger partial charge in [0.25, 0.3) is 5.56 Å². The van der Waals surface area contributed by atoms with Gasteiger partial charge in [0.15, 0.2) is 5.96 Å². The summed E-state index contributed by atoms with van der Waals surface area (Å²) in [6.45, 7) is 5.54. The van der Waals surface area contributed by atoms with Gasteiger partial charge in [-0.1, -0.05) is 24.6 Å². The van der Waals surface area contributed by atoms with Gasteiger partial charge >= 0.3 is 6.03 Å². The Kier molecular flexibility index (Phi) is 8.82. The number of nitrogens with two attached hydrogens (primary N) is 2. The maximum Gasteiger partial charge on any atom is 0.326 e. The SMILES string of the molecule is Cc1ccccc1NC(=O)Nc1ncc(C2CCN(CCCCCN=C(N)N)CC2)c(=O)[nH]1. The third-order valence-corrected chi connectivity index (χ3v) is 5.91. The molecule has 1 aliphatic rings. The molecule has 0 atom stereocenters. The number of nitrogens with zero attached hydrogens (tertiary/aromatic N) is 3. The van der Waals surface area contributed by atoms with Crippen LogP contribution in [-0.4, -0.2) is 53.0 Å². The second-order valence-electron chi connectivity index (χ2n) is 8.39. The number of hydrogen-bond acceptors (Lipinski definition) is 5. The number of amides is 2. The number of anilines is 2. The number of guanidine groups is 1. The highest BCUT2D eigenvalue weighted by Gasteiger charge is 2.23. The molecule has 1 aromatic heterocycles. The lowest BCUT2D eigenvalue weighted by molar-refractivity contribution is 0.208. The molecule has 0 saturated carbocycles. The van der Waals surface area contributed by atoms with E-state index in [1.807, 2.05) is 31.2 Å². The average molecular weight is 455 g/mol. The first-order valence-electron chi connectivity index (χ1n) is 11.4. The molecule has 0 unspecified atom stereocenters. The molecule has 2 amide bonds. The molecule has 1 saturated heterocycles. The van der Waals surface area contributed by atoms with Crippen LogP contribution < -0.4 is 27.7 Å². The number of rotatable bonds is 9. The number of H-pyrrole nitrogens is 1. The van der Waals surface area contributed by atoms with Crippen LogP contribution in [-0.2, 0) is 0 Å². The van der Waals surface area contributed by atoms with Crippen LogP contribution in [0.15, 0.2) is 40.2 Å². The van der Waals surface area contributed by atoms with Crippen LogP contribution in [0.5, 0.6) is 0 Å². The maximum atomic E-state index is 12.6. The maximum absolute atomic E-state index is 12.6. The number of aromatic nitrogens is 2. The average Bonchev–Trinajstić information content (AvgIpc) is 2.78. The summed E-state index contributed by atoms with van der Waals surface area (Å²) in [5.41, 5.74) is 12.8. The topological polar surface area (TPSA) is 155 Å². The predicted molar refractivity (Wildman–Crippen MR) is 132 cm³/mol. The van der Waals surface area contributed by atoms with Gasteiger partial charge < -0.3 is 21.7 Å². The number of carbonyl (C=O) groups excluding carboxylic acids is 1. The molecule has 7 N–H and O–H groups in total. The summed E-state index contributed by atoms with van der Waals surface area (Å²) in [7, 11) is 0. The molecule has 0 radical (unpaired) electrons. The van der Waals surface area contributed by atoms with Crippen molar-refractivity contribution in [3.05, 3.63) is 51.9 Å². The van der Waals surface area contributed by atoms with Gasteiger partial charge in [-0.25, -0.2) is 9.78 Å².